The van der Waals surface area contributed by atoms with E-state index in [2.05, 4.69) is 43.1 Å². The van der Waals surface area contributed by atoms with Gasteiger partial charge in [-0.25, -0.2) is 18.4 Å². The molecule has 3 N–H and O–H groups in total. The van der Waals surface area contributed by atoms with Crippen molar-refractivity contribution in [1.29, 1.82) is 0 Å². The summed E-state index contributed by atoms with van der Waals surface area (Å²) in [5, 5.41) is 25.2. The number of rotatable bonds is 11. The Hall–Kier alpha value is -7.21. The second-order valence-corrected chi connectivity index (χ2v) is 25.0. The van der Waals surface area contributed by atoms with E-state index < -0.39 is 29.2 Å². The number of ether oxygens (including phenoxy) is 2. The fraction of sp³-hybridized carbons (Fsp3) is 0.532. The first-order chi connectivity index (χ1) is 39.5. The van der Waals surface area contributed by atoms with Gasteiger partial charge in [-0.2, -0.15) is 9.97 Å². The first-order valence-electron chi connectivity index (χ1n) is 29.3. The number of benzene rings is 3. The smallest absolute Gasteiger partial charge is 0.409 e. The zero-order valence-corrected chi connectivity index (χ0v) is 46.6. The maximum absolute atomic E-state index is 17.2. The van der Waals surface area contributed by atoms with Crippen LogP contribution < -0.4 is 20.6 Å². The molecule has 1 saturated carbocycles. The summed E-state index contributed by atoms with van der Waals surface area (Å²) in [5.41, 5.74) is 1.12. The maximum atomic E-state index is 17.2. The number of carbonyl (C=O) groups is 3. The number of pyridine rings is 1. The van der Waals surface area contributed by atoms with Gasteiger partial charge in [-0.15, -0.1) is 6.42 Å². The Bertz CT molecular complexity index is 3670. The first kappa shape index (κ1) is 54.1. The number of nitrogens with zero attached hydrogens (tertiary/aromatic N) is 9. The number of β-amino-alcohol motifs (C(OH)–C–C–N with tert-alkyl or cyclic N) is 1. The van der Waals surface area contributed by atoms with Crippen LogP contribution in [0.5, 0.6) is 11.8 Å². The first-order valence-corrected chi connectivity index (χ1v) is 29.3. The van der Waals surface area contributed by atoms with E-state index in [1.165, 1.54) is 53.4 Å². The van der Waals surface area contributed by atoms with Crippen LogP contribution in [0.1, 0.15) is 120 Å². The van der Waals surface area contributed by atoms with Gasteiger partial charge < -0.3 is 34.4 Å². The number of fused-ring (bicyclic) bond motifs is 4. The van der Waals surface area contributed by atoms with Crippen molar-refractivity contribution in [2.24, 2.45) is 18.4 Å². The normalized spacial score (nSPS) is 25.5. The van der Waals surface area contributed by atoms with E-state index in [1.807, 2.05) is 15.9 Å². The largest absolute Gasteiger partial charge is 0.508 e. The van der Waals surface area contributed by atoms with Crippen LogP contribution in [0.2, 0.25) is 0 Å². The van der Waals surface area contributed by atoms with E-state index in [-0.39, 0.29) is 100 Å². The second kappa shape index (κ2) is 20.9. The highest BCUT2D eigenvalue weighted by Crippen LogP contribution is 2.53. The number of phenols is 1. The minimum atomic E-state index is -1.02. The van der Waals surface area contributed by atoms with Gasteiger partial charge in [0.15, 0.2) is 5.82 Å². The monoisotopic (exact) mass is 1120 g/mol. The number of phenolic OH excluding ortho intramolecular Hbond substituents is 1. The van der Waals surface area contributed by atoms with Crippen LogP contribution in [0, 0.1) is 35.3 Å². The highest BCUT2D eigenvalue weighted by atomic mass is 19.1. The van der Waals surface area contributed by atoms with E-state index in [4.69, 9.17) is 20.9 Å². The summed E-state index contributed by atoms with van der Waals surface area (Å²) < 4.78 is 48.1. The number of aliphatic hydroxyl groups is 1. The molecule has 0 radical (unpaired) electrons. The number of likely N-dealkylation sites (tertiary alicyclic amines) is 2. The molecule has 6 aromatic rings. The quantitative estimate of drug-likeness (QED) is 0.0843. The fourth-order valence-corrected chi connectivity index (χ4v) is 15.5. The van der Waals surface area contributed by atoms with Gasteiger partial charge in [-0.05, 0) is 169 Å². The fourth-order valence-electron chi connectivity index (χ4n) is 15.5. The molecule has 3 amide bonds. The molecule has 7 fully saturated rings. The number of terminal acetylenes is 1. The summed E-state index contributed by atoms with van der Waals surface area (Å²) >= 11 is 0. The molecule has 3 aromatic heterocycles. The number of aromatic nitrogens is 5. The Morgan fingerprint density at radius 2 is 1.71 bits per heavy atom. The third kappa shape index (κ3) is 9.69. The van der Waals surface area contributed by atoms with Crippen molar-refractivity contribution in [2.45, 2.75) is 126 Å². The lowest BCUT2D eigenvalue weighted by Gasteiger charge is -2.53. The SMILES string of the molecule is C#Cc1c(F)ccc2cc(O)cc(-c3ncc4c(N5CCC[C@@](C)(O)C5)nc(OC[C@@]56CCCN5[C@H](COC(=O)N5CCC7(CC5)CC(CN5CCC(c8ccc9c(c8)n(C)c(=O)n9C8CCC(=O)NC8=O)CC5)C7)CC6)nc4c3F)c12. The molecule has 1 unspecified atom stereocenters. The van der Waals surface area contributed by atoms with Crippen LogP contribution >= 0.6 is 0 Å². The van der Waals surface area contributed by atoms with Gasteiger partial charge in [0.1, 0.15) is 47.9 Å². The average molecular weight is 1120 g/mol. The molecule has 13 rings (SSSR count). The Morgan fingerprint density at radius 1 is 0.915 bits per heavy atom. The van der Waals surface area contributed by atoms with Crippen molar-refractivity contribution in [3.8, 4) is 35.4 Å². The molecule has 6 saturated heterocycles. The molecule has 3 aromatic carbocycles. The van der Waals surface area contributed by atoms with Crippen LogP contribution in [0.25, 0.3) is 44.0 Å². The number of aromatic hydroxyl groups is 1. The Labute approximate surface area is 473 Å². The lowest BCUT2D eigenvalue weighted by molar-refractivity contribution is -0.135. The molecule has 430 valence electrons. The number of aryl methyl sites for hydroxylation is 1. The summed E-state index contributed by atoms with van der Waals surface area (Å²) in [5.74, 6) is 1.38. The average Bonchev–Trinajstić information content (AvgIpc) is 4.26. The Kier molecular flexibility index (Phi) is 13.8. The molecule has 4 atom stereocenters. The summed E-state index contributed by atoms with van der Waals surface area (Å²) in [6.07, 6.45) is 18.5. The zero-order chi connectivity index (χ0) is 56.8. The molecule has 9 heterocycles. The van der Waals surface area contributed by atoms with Crippen molar-refractivity contribution in [1.82, 2.24) is 44.1 Å². The summed E-state index contributed by atoms with van der Waals surface area (Å²) in [6, 6.07) is 10.9. The number of carbonyl (C=O) groups excluding carboxylic acids is 3. The lowest BCUT2D eigenvalue weighted by atomic mass is 9.57. The van der Waals surface area contributed by atoms with Crippen LogP contribution in [-0.4, -0.2) is 150 Å². The molecule has 20 heteroatoms. The number of halogens is 2. The van der Waals surface area contributed by atoms with Crippen molar-refractivity contribution < 1.29 is 42.9 Å². The number of hydrogen-bond donors (Lipinski definition) is 3. The van der Waals surface area contributed by atoms with Gasteiger partial charge in [0.2, 0.25) is 11.8 Å². The topological polar surface area (TPSA) is 201 Å². The highest BCUT2D eigenvalue weighted by Gasteiger charge is 2.51. The van der Waals surface area contributed by atoms with Gasteiger partial charge in [0.05, 0.1) is 33.1 Å². The van der Waals surface area contributed by atoms with Crippen molar-refractivity contribution in [3.63, 3.8) is 0 Å². The molecule has 0 bridgehead atoms. The van der Waals surface area contributed by atoms with Crippen LogP contribution in [0.15, 0.2) is 53.5 Å². The number of imide groups is 1. The maximum Gasteiger partial charge on any atom is 0.409 e. The Morgan fingerprint density at radius 3 is 2.48 bits per heavy atom. The number of anilines is 1. The summed E-state index contributed by atoms with van der Waals surface area (Å²) in [4.78, 5) is 74.4. The number of piperidine rings is 4. The minimum Gasteiger partial charge on any atom is -0.508 e. The van der Waals surface area contributed by atoms with Crippen molar-refractivity contribution in [2.75, 3.05) is 70.5 Å². The molecule has 7 aliphatic rings. The van der Waals surface area contributed by atoms with E-state index >= 15 is 8.78 Å². The highest BCUT2D eigenvalue weighted by molar-refractivity contribution is 6.03. The standard InChI is InChI=1S/C62H70F2N10O8/c1-4-43-46(63)9-7-40-27-42(75)29-44(51(40)43)53-52(64)54-45(32-65-53)55(72-21-5-16-60(2,80)35-72)68-57(67-54)82-36-62-17-6-22-73(62)41(13-18-62)34-81-59(79)71-25-19-61(20-26-71)30-37(31-61)33-70-23-14-38(15-24-70)39-8-10-47-49(28-39)69(3)58(78)74(47)48-11-12-50(76)66-56(48)77/h1,7-10,27-29,32,37-38,41,48,75,80H,5-6,11-26,30-31,33-36H2,2-3H3,(H,66,76,77)/t41-,48?,60+,62-/m0/s1. The lowest BCUT2D eigenvalue weighted by Crippen LogP contribution is -2.52. The van der Waals surface area contributed by atoms with E-state index in [0.29, 0.717) is 72.8 Å². The predicted octanol–water partition coefficient (Wildman–Crippen LogP) is 7.68. The molecular weight excluding hydrogens is 1050 g/mol. The Balaban J connectivity index is 0.611. The minimum absolute atomic E-state index is 0.00633. The third-order valence-corrected chi connectivity index (χ3v) is 19.7. The number of nitrogens with one attached hydrogen (secondary N) is 1. The van der Waals surface area contributed by atoms with Crippen molar-refractivity contribution in [3.05, 3.63) is 81.9 Å². The third-order valence-electron chi connectivity index (χ3n) is 19.7. The van der Waals surface area contributed by atoms with Crippen LogP contribution in [0.3, 0.4) is 0 Å². The second-order valence-electron chi connectivity index (χ2n) is 25.0. The zero-order valence-electron chi connectivity index (χ0n) is 46.6. The molecule has 1 spiro atoms. The molecule has 1 aliphatic carbocycles. The van der Waals surface area contributed by atoms with Crippen LogP contribution in [-0.2, 0) is 21.4 Å². The molecule has 18 nitrogen and oxygen atoms in total. The van der Waals surface area contributed by atoms with Gasteiger partial charge in [0.25, 0.3) is 0 Å². The molecular formula is C62H70F2N10O8. The number of amides is 3. The number of imidazole rings is 1. The van der Waals surface area contributed by atoms with Gasteiger partial charge in [-0.1, -0.05) is 18.1 Å². The summed E-state index contributed by atoms with van der Waals surface area (Å²) in [6.45, 7) is 8.36. The van der Waals surface area contributed by atoms with Gasteiger partial charge in [0, 0.05) is 69.4 Å². The number of hydrogen-bond acceptors (Lipinski definition) is 14. The van der Waals surface area contributed by atoms with Gasteiger partial charge >= 0.3 is 17.8 Å². The molecule has 6 aliphatic heterocycles. The van der Waals surface area contributed by atoms with E-state index in [9.17, 15) is 29.4 Å². The van der Waals surface area contributed by atoms with Gasteiger partial charge in [-0.3, -0.25) is 33.9 Å². The van der Waals surface area contributed by atoms with E-state index in [0.717, 1.165) is 83.1 Å². The molecule has 82 heavy (non-hydrogen) atoms. The summed E-state index contributed by atoms with van der Waals surface area (Å²) in [7, 11) is 1.74. The predicted molar refractivity (Wildman–Crippen MR) is 303 cm³/mol. The van der Waals surface area contributed by atoms with Crippen molar-refractivity contribution >= 4 is 56.4 Å². The van der Waals surface area contributed by atoms with Crippen LogP contribution in [0.4, 0.5) is 19.4 Å². The van der Waals surface area contributed by atoms with E-state index in [1.54, 1.807) is 18.5 Å².